The standard InChI is InChI=1S/C18H16ClN3O2/c19-15-7-3-6-12(8-15)17-16(10-21-22-17)18(24)20-9-13-4-1-2-5-14(13)11-23/h1-8,10,23H,9,11H2,(H,20,24)(H,21,22). The van der Waals surface area contributed by atoms with Gasteiger partial charge in [0.15, 0.2) is 0 Å². The van der Waals surface area contributed by atoms with Crippen molar-refractivity contribution in [3.05, 3.63) is 76.4 Å². The molecule has 3 aromatic rings. The SMILES string of the molecule is O=C(NCc1ccccc1CO)c1cn[nH]c1-c1cccc(Cl)c1. The molecule has 0 bridgehead atoms. The molecule has 0 atom stereocenters. The van der Waals surface area contributed by atoms with E-state index in [9.17, 15) is 9.90 Å². The quantitative estimate of drug-likeness (QED) is 0.667. The number of hydrogen-bond acceptors (Lipinski definition) is 3. The van der Waals surface area contributed by atoms with Gasteiger partial charge in [-0.15, -0.1) is 0 Å². The van der Waals surface area contributed by atoms with Gasteiger partial charge in [0.1, 0.15) is 0 Å². The largest absolute Gasteiger partial charge is 0.392 e. The minimum absolute atomic E-state index is 0.0640. The van der Waals surface area contributed by atoms with Crippen molar-refractivity contribution in [2.24, 2.45) is 0 Å². The Kier molecular flexibility index (Phi) is 4.93. The smallest absolute Gasteiger partial charge is 0.255 e. The van der Waals surface area contributed by atoms with Gasteiger partial charge < -0.3 is 10.4 Å². The number of aliphatic hydroxyl groups excluding tert-OH is 1. The zero-order valence-electron chi connectivity index (χ0n) is 12.8. The van der Waals surface area contributed by atoms with E-state index in [1.165, 1.54) is 6.20 Å². The second-order valence-corrected chi connectivity index (χ2v) is 5.71. The number of amides is 1. The molecule has 24 heavy (non-hydrogen) atoms. The Morgan fingerprint density at radius 1 is 1.17 bits per heavy atom. The summed E-state index contributed by atoms with van der Waals surface area (Å²) in [7, 11) is 0. The summed E-state index contributed by atoms with van der Waals surface area (Å²) in [6.45, 7) is 0.265. The van der Waals surface area contributed by atoms with Crippen molar-refractivity contribution in [1.29, 1.82) is 0 Å². The zero-order chi connectivity index (χ0) is 16.9. The molecule has 122 valence electrons. The van der Waals surface area contributed by atoms with Gasteiger partial charge in [0, 0.05) is 17.1 Å². The number of benzene rings is 2. The molecule has 3 N–H and O–H groups in total. The molecule has 0 saturated heterocycles. The maximum Gasteiger partial charge on any atom is 0.255 e. The third-order valence-corrected chi connectivity index (χ3v) is 3.96. The summed E-state index contributed by atoms with van der Waals surface area (Å²) in [4.78, 5) is 12.5. The van der Waals surface area contributed by atoms with Crippen LogP contribution in [0.4, 0.5) is 0 Å². The van der Waals surface area contributed by atoms with Crippen molar-refractivity contribution in [2.75, 3.05) is 0 Å². The van der Waals surface area contributed by atoms with Crippen molar-refractivity contribution in [2.45, 2.75) is 13.2 Å². The Morgan fingerprint density at radius 2 is 1.96 bits per heavy atom. The van der Waals surface area contributed by atoms with Gasteiger partial charge >= 0.3 is 0 Å². The molecule has 0 radical (unpaired) electrons. The number of aromatic nitrogens is 2. The van der Waals surface area contributed by atoms with Gasteiger partial charge in [0.2, 0.25) is 0 Å². The second kappa shape index (κ2) is 7.29. The fourth-order valence-electron chi connectivity index (χ4n) is 2.48. The first kappa shape index (κ1) is 16.2. The summed E-state index contributed by atoms with van der Waals surface area (Å²) in [6, 6.07) is 14.6. The van der Waals surface area contributed by atoms with Gasteiger partial charge in [-0.1, -0.05) is 48.0 Å². The molecule has 0 aliphatic rings. The Bertz CT molecular complexity index is 861. The average Bonchev–Trinajstić information content (AvgIpc) is 3.09. The van der Waals surface area contributed by atoms with E-state index in [1.54, 1.807) is 12.1 Å². The first-order valence-corrected chi connectivity index (χ1v) is 7.82. The molecule has 5 nitrogen and oxygen atoms in total. The first-order chi connectivity index (χ1) is 11.7. The van der Waals surface area contributed by atoms with Crippen molar-refractivity contribution in [3.63, 3.8) is 0 Å². The highest BCUT2D eigenvalue weighted by Gasteiger charge is 2.15. The number of rotatable bonds is 5. The van der Waals surface area contributed by atoms with Crippen LogP contribution < -0.4 is 5.32 Å². The summed E-state index contributed by atoms with van der Waals surface area (Å²) in [5, 5.41) is 19.6. The number of hydrogen-bond donors (Lipinski definition) is 3. The molecule has 0 unspecified atom stereocenters. The van der Waals surface area contributed by atoms with Crippen LogP contribution >= 0.6 is 11.6 Å². The van der Waals surface area contributed by atoms with Crippen LogP contribution in [0.25, 0.3) is 11.3 Å². The molecule has 0 fully saturated rings. The topological polar surface area (TPSA) is 78.0 Å². The van der Waals surface area contributed by atoms with Crippen molar-refractivity contribution < 1.29 is 9.90 Å². The van der Waals surface area contributed by atoms with E-state index >= 15 is 0 Å². The van der Waals surface area contributed by atoms with Gasteiger partial charge in [-0.3, -0.25) is 9.89 Å². The van der Waals surface area contributed by atoms with Gasteiger partial charge in [-0.05, 0) is 23.3 Å². The Labute approximate surface area is 144 Å². The molecule has 0 spiro atoms. The Balaban J connectivity index is 1.78. The number of halogens is 1. The number of nitrogens with one attached hydrogen (secondary N) is 2. The minimum atomic E-state index is -0.244. The molecule has 0 aliphatic heterocycles. The van der Waals surface area contributed by atoms with Crippen molar-refractivity contribution >= 4 is 17.5 Å². The molecule has 1 heterocycles. The number of H-pyrrole nitrogens is 1. The summed E-state index contributed by atoms with van der Waals surface area (Å²) in [5.41, 5.74) is 3.52. The highest BCUT2D eigenvalue weighted by Crippen LogP contribution is 2.24. The molecule has 3 rings (SSSR count). The van der Waals surface area contributed by atoms with E-state index in [1.807, 2.05) is 36.4 Å². The van der Waals surface area contributed by atoms with E-state index in [0.29, 0.717) is 22.8 Å². The average molecular weight is 342 g/mol. The number of aromatic amines is 1. The maximum atomic E-state index is 12.5. The predicted octanol–water partition coefficient (Wildman–Crippen LogP) is 3.15. The van der Waals surface area contributed by atoms with Crippen LogP contribution in [0.15, 0.2) is 54.7 Å². The highest BCUT2D eigenvalue weighted by atomic mass is 35.5. The molecular formula is C18H16ClN3O2. The predicted molar refractivity (Wildman–Crippen MR) is 92.6 cm³/mol. The van der Waals surface area contributed by atoms with Crippen LogP contribution in [0.1, 0.15) is 21.5 Å². The van der Waals surface area contributed by atoms with Crippen LogP contribution in [0, 0.1) is 0 Å². The van der Waals surface area contributed by atoms with Crippen LogP contribution in [0.3, 0.4) is 0 Å². The summed E-state index contributed by atoms with van der Waals surface area (Å²) in [5.74, 6) is -0.244. The zero-order valence-corrected chi connectivity index (χ0v) is 13.5. The van der Waals surface area contributed by atoms with Crippen LogP contribution in [0.2, 0.25) is 5.02 Å². The molecule has 0 saturated carbocycles. The molecular weight excluding hydrogens is 326 g/mol. The fraction of sp³-hybridized carbons (Fsp3) is 0.111. The minimum Gasteiger partial charge on any atom is -0.392 e. The van der Waals surface area contributed by atoms with E-state index in [-0.39, 0.29) is 12.5 Å². The van der Waals surface area contributed by atoms with Gasteiger partial charge in [0.25, 0.3) is 5.91 Å². The summed E-state index contributed by atoms with van der Waals surface area (Å²) < 4.78 is 0. The summed E-state index contributed by atoms with van der Waals surface area (Å²) >= 11 is 6.01. The molecule has 2 aromatic carbocycles. The molecule has 1 aromatic heterocycles. The van der Waals surface area contributed by atoms with E-state index in [0.717, 1.165) is 16.7 Å². The monoisotopic (exact) mass is 341 g/mol. The lowest BCUT2D eigenvalue weighted by atomic mass is 10.1. The molecule has 1 amide bonds. The molecule has 6 heteroatoms. The number of nitrogens with zero attached hydrogens (tertiary/aromatic N) is 1. The number of aliphatic hydroxyl groups is 1. The number of carbonyl (C=O) groups excluding carboxylic acids is 1. The fourth-order valence-corrected chi connectivity index (χ4v) is 2.67. The van der Waals surface area contributed by atoms with Crippen LogP contribution in [-0.2, 0) is 13.2 Å². The lowest BCUT2D eigenvalue weighted by Crippen LogP contribution is -2.23. The van der Waals surface area contributed by atoms with Crippen LogP contribution in [-0.4, -0.2) is 21.2 Å². The van der Waals surface area contributed by atoms with Gasteiger partial charge in [0.05, 0.1) is 24.1 Å². The van der Waals surface area contributed by atoms with Crippen LogP contribution in [0.5, 0.6) is 0 Å². The second-order valence-electron chi connectivity index (χ2n) is 5.28. The lowest BCUT2D eigenvalue weighted by Gasteiger charge is -2.09. The van der Waals surface area contributed by atoms with Crippen molar-refractivity contribution in [3.8, 4) is 11.3 Å². The maximum absolute atomic E-state index is 12.5. The molecule has 0 aliphatic carbocycles. The highest BCUT2D eigenvalue weighted by molar-refractivity contribution is 6.30. The van der Waals surface area contributed by atoms with E-state index in [4.69, 9.17) is 11.6 Å². The van der Waals surface area contributed by atoms with Gasteiger partial charge in [-0.25, -0.2) is 0 Å². The third kappa shape index (κ3) is 3.48. The van der Waals surface area contributed by atoms with Crippen molar-refractivity contribution in [1.82, 2.24) is 15.5 Å². The normalized spacial score (nSPS) is 10.6. The number of carbonyl (C=O) groups is 1. The summed E-state index contributed by atoms with van der Waals surface area (Å²) in [6.07, 6.45) is 1.49. The van der Waals surface area contributed by atoms with E-state index in [2.05, 4.69) is 15.5 Å². The van der Waals surface area contributed by atoms with Gasteiger partial charge in [-0.2, -0.15) is 5.10 Å². The third-order valence-electron chi connectivity index (χ3n) is 3.73. The Hall–Kier alpha value is -2.63. The first-order valence-electron chi connectivity index (χ1n) is 7.44. The van der Waals surface area contributed by atoms with E-state index < -0.39 is 0 Å². The Morgan fingerprint density at radius 3 is 2.71 bits per heavy atom. The lowest BCUT2D eigenvalue weighted by molar-refractivity contribution is 0.0951.